The van der Waals surface area contributed by atoms with Gasteiger partial charge in [-0.2, -0.15) is 20.4 Å². The molecule has 0 spiro atoms. The molecule has 0 saturated carbocycles. The van der Waals surface area contributed by atoms with Gasteiger partial charge in [-0.25, -0.2) is 72.5 Å². The van der Waals surface area contributed by atoms with Gasteiger partial charge in [0.25, 0.3) is 22.2 Å². The molecule has 16 rings (SSSR count). The Bertz CT molecular complexity index is 9320. The minimum absolute atomic E-state index is 0.00630. The van der Waals surface area contributed by atoms with Crippen molar-refractivity contribution < 1.29 is 114 Å². The third-order valence-corrected chi connectivity index (χ3v) is 28.7. The lowest BCUT2D eigenvalue weighted by Gasteiger charge is -2.19. The van der Waals surface area contributed by atoms with Crippen molar-refractivity contribution >= 4 is 84.2 Å². The summed E-state index contributed by atoms with van der Waals surface area (Å²) in [6.45, 7) is -20.9. The number of hydrogen-bond acceptors (Lipinski definition) is 28. The van der Waals surface area contributed by atoms with Gasteiger partial charge < -0.3 is 58.5 Å². The van der Waals surface area contributed by atoms with E-state index >= 15 is 0 Å². The number of likely N-dealkylation sites (tertiary alicyclic amines) is 4. The number of nitrogens with one attached hydrogen (secondary N) is 8. The smallest absolute Gasteiger partial charge is 0.277 e. The van der Waals surface area contributed by atoms with Crippen LogP contribution >= 0.6 is 0 Å². The van der Waals surface area contributed by atoms with Crippen molar-refractivity contribution in [2.45, 2.75) is 253 Å². The van der Waals surface area contributed by atoms with E-state index < -0.39 is 322 Å². The van der Waals surface area contributed by atoms with Crippen molar-refractivity contribution in [2.24, 2.45) is 27.9 Å². The zero-order valence-electron chi connectivity index (χ0n) is 125. The zero-order valence-corrected chi connectivity index (χ0v) is 83.1. The van der Waals surface area contributed by atoms with Crippen LogP contribution in [-0.2, 0) is 93.6 Å². The molecule has 0 bridgehead atoms. The van der Waals surface area contributed by atoms with Crippen molar-refractivity contribution in [1.29, 1.82) is 0 Å². The quantitative estimate of drug-likeness (QED) is 0.0176. The summed E-state index contributed by atoms with van der Waals surface area (Å²) in [5.41, 5.74) is -11.7. The topological polar surface area (TPSA) is 489 Å². The lowest BCUT2D eigenvalue weighted by Crippen LogP contribution is -2.31. The molecular weight excluding hydrogens is 1920 g/mol. The second-order valence-corrected chi connectivity index (χ2v) is 40.5. The van der Waals surface area contributed by atoms with E-state index in [4.69, 9.17) is 80.6 Å². The molecule has 8 aromatic heterocycles. The van der Waals surface area contributed by atoms with E-state index in [0.717, 1.165) is 43.2 Å². The van der Waals surface area contributed by atoms with Crippen LogP contribution in [-0.4, -0.2) is 263 Å². The lowest BCUT2D eigenvalue weighted by molar-refractivity contribution is 0.297. The van der Waals surface area contributed by atoms with Crippen LogP contribution < -0.4 is 60.1 Å². The maximum atomic E-state index is 13.6. The van der Waals surface area contributed by atoms with Gasteiger partial charge in [-0.1, -0.05) is 80.6 Å². The summed E-state index contributed by atoms with van der Waals surface area (Å²) in [6, 6.07) is 11.5. The molecule has 144 heavy (non-hydrogen) atoms. The number of sulfonamides is 4. The largest absolute Gasteiger partial charge is 0.493 e. The average molecular weight is 2110 g/mol. The van der Waals surface area contributed by atoms with Gasteiger partial charge in [-0.15, -0.1) is 0 Å². The van der Waals surface area contributed by atoms with Crippen LogP contribution in [0.5, 0.6) is 23.0 Å². The molecule has 0 amide bonds. The van der Waals surface area contributed by atoms with Gasteiger partial charge in [0.1, 0.15) is 68.4 Å². The van der Waals surface area contributed by atoms with Crippen LogP contribution in [0.1, 0.15) is 268 Å². The molecule has 4 aromatic carbocycles. The van der Waals surface area contributed by atoms with Crippen molar-refractivity contribution in [2.75, 3.05) is 107 Å². The Hall–Kier alpha value is -11.0. The molecule has 44 heteroatoms. The molecule has 0 radical (unpaired) electrons. The first kappa shape index (κ1) is 64.2. The number of ether oxygens (including phenoxy) is 4. The Kier molecular flexibility index (Phi) is 22.2. The van der Waals surface area contributed by atoms with Crippen molar-refractivity contribution in [3.8, 4) is 68.5 Å². The minimum Gasteiger partial charge on any atom is -0.493 e. The molecule has 4 fully saturated rings. The molecule has 12 heterocycles. The Morgan fingerprint density at radius 3 is 0.931 bits per heavy atom. The maximum absolute atomic E-state index is 13.6. The Morgan fingerprint density at radius 1 is 0.368 bits per heavy atom. The van der Waals surface area contributed by atoms with E-state index in [1.807, 2.05) is 28.4 Å². The van der Waals surface area contributed by atoms with Gasteiger partial charge in [-0.05, 0) is 255 Å². The van der Waals surface area contributed by atoms with E-state index in [-0.39, 0.29) is 109 Å². The molecule has 4 aliphatic heterocycles. The average Bonchev–Trinajstić information content (AvgIpc) is 1.56. The number of fused-ring (bicyclic) bond motifs is 4. The number of aromatic amines is 4. The predicted octanol–water partition coefficient (Wildman–Crippen LogP) is 11.3. The molecule has 5 unspecified atom stereocenters. The van der Waals surface area contributed by atoms with Crippen LogP contribution in [0.4, 0.5) is 0 Å². The van der Waals surface area contributed by atoms with E-state index in [1.54, 1.807) is 51.8 Å². The molecule has 5 atom stereocenters. The summed E-state index contributed by atoms with van der Waals surface area (Å²) in [7, 11) is -11.2. The van der Waals surface area contributed by atoms with Crippen molar-refractivity contribution in [3.05, 3.63) is 137 Å². The van der Waals surface area contributed by atoms with Gasteiger partial charge in [0.2, 0.25) is 40.1 Å². The predicted molar refractivity (Wildman–Crippen MR) is 559 cm³/mol. The molecule has 12 aromatic rings. The molecule has 4 saturated heterocycles. The maximum Gasteiger partial charge on any atom is 0.277 e. The van der Waals surface area contributed by atoms with Crippen LogP contribution in [0.25, 0.3) is 89.7 Å². The van der Waals surface area contributed by atoms with E-state index in [2.05, 4.69) is 74.4 Å². The molecule has 0 aliphatic carbocycles. The third kappa shape index (κ3) is 26.5. The summed E-state index contributed by atoms with van der Waals surface area (Å²) < 4.78 is 500. The summed E-state index contributed by atoms with van der Waals surface area (Å²) in [4.78, 5) is 85.7. The zero-order chi connectivity index (χ0) is 142. The first-order chi connectivity index (χ1) is 86.3. The first-order valence-corrected chi connectivity index (χ1v) is 51.7. The number of aromatic nitrogens is 16. The SMILES string of the molecule is [2H]C(NS(=O)(=O)c1ccc(OCCC)c(-c2nc3c(CC([2H])([2H])C([2H])([2H])[2H])nn(C([2H])([2H])[2H])c3c(=O)[nH]2)c1)C([2H])([2H])C1CCCN1C.[2H]C([2H])(CNS(=O)(=O)c1ccc(OCCC)c(-c2nc3c(C([2H])([2H])C([2H])([2H])C([2H])([2H])[2H])nn(C([2H])([2H])[2H])c3c(=O)[nH]2)c1)C1CCCN1C.[2H]C([2H])(CNS(=O)(=O)c1ccc(OCCC)c(-c2nc3c(CC([2H])([2H])C([2H])([2H])[2H])nn(C([2H])([2H])[2H])c3c(=O)[nH]2)c1)C1CCCN1C.[2H]C([2H])([2H])n1nc(CC([2H])([2H])C([2H])([2H])[2H])c2nc(-c3cc(S(=O)(=O)NC([2H])([2H])C([2H])([2H])C4CCCN4C)ccc3OCCC)[nH]c(=O)c21. The highest BCUT2D eigenvalue weighted by atomic mass is 32.2. The van der Waals surface area contributed by atoms with E-state index in [1.165, 1.54) is 42.5 Å². The molecule has 4 aliphatic rings. The highest BCUT2D eigenvalue weighted by Crippen LogP contribution is 2.38. The summed E-state index contributed by atoms with van der Waals surface area (Å²) in [5.74, 6) is -1.24. The highest BCUT2D eigenvalue weighted by Gasteiger charge is 2.32. The number of H-pyrrole nitrogens is 4. The third-order valence-electron chi connectivity index (χ3n) is 23.4. The Labute approximate surface area is 906 Å². The number of nitrogens with zero attached hydrogens (tertiary/aromatic N) is 16. The molecule has 8 N–H and O–H groups in total. The van der Waals surface area contributed by atoms with Gasteiger partial charge >= 0.3 is 0 Å². The van der Waals surface area contributed by atoms with E-state index in [9.17, 15) is 52.8 Å². The van der Waals surface area contributed by atoms with Gasteiger partial charge in [0, 0.05) is 140 Å². The van der Waals surface area contributed by atoms with E-state index in [0.29, 0.717) is 104 Å². The molecular formula is C100H144N24O16S4. The molecule has 784 valence electrons. The fraction of sp³-hybridized carbons (Fsp3) is 0.560. The fourth-order valence-electron chi connectivity index (χ4n) is 16.1. The van der Waals surface area contributed by atoms with Crippen LogP contribution in [0, 0.1) is 0 Å². The van der Waals surface area contributed by atoms with Gasteiger partial charge in [-0.3, -0.25) is 37.9 Å². The second-order valence-electron chi connectivity index (χ2n) is 33.5. The van der Waals surface area contributed by atoms with Crippen molar-refractivity contribution in [3.63, 3.8) is 0 Å². The highest BCUT2D eigenvalue weighted by molar-refractivity contribution is 7.90. The lowest BCUT2D eigenvalue weighted by atomic mass is 10.1. The van der Waals surface area contributed by atoms with Gasteiger partial charge in [0.05, 0.1) is 91.0 Å². The number of hydrogen-bond donors (Lipinski definition) is 8. The Morgan fingerprint density at radius 2 is 0.646 bits per heavy atom. The molecule has 40 nitrogen and oxygen atoms in total. The van der Waals surface area contributed by atoms with Crippen molar-refractivity contribution in [1.82, 2.24) is 117 Å². The number of benzene rings is 4. The first-order valence-electron chi connectivity index (χ1n) is 68.4. The van der Waals surface area contributed by atoms with Crippen LogP contribution in [0.2, 0.25) is 0 Å². The fourth-order valence-corrected chi connectivity index (χ4v) is 19.7. The van der Waals surface area contributed by atoms with Gasteiger partial charge in [0.15, 0.2) is 22.1 Å². The normalized spacial score (nSPS) is 23.3. The number of rotatable bonds is 44. The summed E-state index contributed by atoms with van der Waals surface area (Å²) >= 11 is 0. The second kappa shape index (κ2) is 49.9. The summed E-state index contributed by atoms with van der Waals surface area (Å²) in [6.07, 6.45) is -20.4. The van der Waals surface area contributed by atoms with Crippen LogP contribution in [0.15, 0.2) is 112 Å². The summed E-state index contributed by atoms with van der Waals surface area (Å²) in [5, 5.41) is 15.2. The monoisotopic (exact) mass is 2110 g/mol. The van der Waals surface area contributed by atoms with Crippen LogP contribution in [0.3, 0.4) is 0 Å². The standard InChI is InChI=1S/4C25H36N6O4S/c4*1-5-8-20-22-23(31(4)29-20)25(32)28-24(27-22)19-16-18(10-11-21(19)35-15-6-2)36(33,34)26-13-12-17-9-7-14-30(17)3/h4*10-11,16-17,26H,5-9,12-15H2,1-4H3,(H,27,28,32)/i1D3,4D3,5D2,12D2,13D2;1D3,4D3,5D2,12D2,13D;1D3,4D3,5D2,8D2,12D2;1D3,4D3,5D2,12D2. The number of aryl methyl sites for hydroxylation is 8. The Balaban J connectivity index is 0.000000204. The minimum atomic E-state index is -4.79.